The molecule has 0 fully saturated rings. The number of hydrogen-bond donors (Lipinski definition) is 0. The Labute approximate surface area is 320 Å². The molecule has 0 radical (unpaired) electrons. The fourth-order valence-corrected chi connectivity index (χ4v) is 9.12. The Morgan fingerprint density at radius 1 is 0.418 bits per heavy atom. The van der Waals surface area contributed by atoms with Gasteiger partial charge in [-0.25, -0.2) is 0 Å². The summed E-state index contributed by atoms with van der Waals surface area (Å²) in [5, 5.41) is 7.08. The number of hydrogen-bond acceptors (Lipinski definition) is 2. The molecule has 0 amide bonds. The fraction of sp³-hybridized carbons (Fsp3) is 0.0566. The molecule has 1 aromatic heterocycles. The van der Waals surface area contributed by atoms with Crippen LogP contribution in [0, 0.1) is 0 Å². The van der Waals surface area contributed by atoms with Gasteiger partial charge in [-0.2, -0.15) is 0 Å². The van der Waals surface area contributed by atoms with E-state index in [0.717, 1.165) is 38.7 Å². The van der Waals surface area contributed by atoms with Crippen LogP contribution < -0.4 is 4.90 Å². The van der Waals surface area contributed by atoms with Crippen LogP contribution in [0.25, 0.3) is 76.9 Å². The van der Waals surface area contributed by atoms with Crippen molar-refractivity contribution in [3.8, 4) is 33.4 Å². The second kappa shape index (κ2) is 12.1. The van der Waals surface area contributed by atoms with Crippen LogP contribution >= 0.6 is 0 Å². The van der Waals surface area contributed by atoms with Crippen LogP contribution in [0.3, 0.4) is 0 Å². The molecular formula is C53H37NO. The van der Waals surface area contributed by atoms with Crippen LogP contribution in [0.1, 0.15) is 25.0 Å². The Hall–Kier alpha value is -6.90. The Morgan fingerprint density at radius 2 is 1.09 bits per heavy atom. The first-order valence-corrected chi connectivity index (χ1v) is 19.1. The Bertz CT molecular complexity index is 3130. The van der Waals surface area contributed by atoms with Gasteiger partial charge in [0.05, 0.1) is 5.69 Å². The molecule has 0 unspecified atom stereocenters. The van der Waals surface area contributed by atoms with Crippen LogP contribution in [-0.2, 0) is 5.41 Å². The average Bonchev–Trinajstić information content (AvgIpc) is 3.73. The normalized spacial score (nSPS) is 13.1. The van der Waals surface area contributed by atoms with Gasteiger partial charge in [-0.05, 0) is 104 Å². The predicted molar refractivity (Wildman–Crippen MR) is 232 cm³/mol. The third kappa shape index (κ3) is 4.88. The van der Waals surface area contributed by atoms with E-state index in [4.69, 9.17) is 4.42 Å². The fourth-order valence-electron chi connectivity index (χ4n) is 9.12. The molecule has 1 heterocycles. The van der Waals surface area contributed by atoms with Gasteiger partial charge >= 0.3 is 0 Å². The quantitative estimate of drug-likeness (QED) is 0.177. The first-order valence-electron chi connectivity index (χ1n) is 19.1. The minimum absolute atomic E-state index is 0.110. The standard InChI is InChI=1S/C53H37NO/c1-53(2)47-21-9-7-20-44(47)51-48(53)22-12-23-49(51)54(40-16-11-15-37(32-40)38-26-25-34-13-3-4-14-36(34)31-38)39-29-27-35(28-30-39)45-33-46-42-18-8-10-24-50(42)55-52(46)43-19-6-5-17-41(43)45/h3-33H,1-2H3. The smallest absolute Gasteiger partial charge is 0.143 e. The number of fused-ring (bicyclic) bond motifs is 9. The zero-order chi connectivity index (χ0) is 36.7. The van der Waals surface area contributed by atoms with E-state index in [1.54, 1.807) is 0 Å². The highest BCUT2D eigenvalue weighted by Crippen LogP contribution is 2.54. The predicted octanol–water partition coefficient (Wildman–Crippen LogP) is 15.0. The topological polar surface area (TPSA) is 16.4 Å². The second-order valence-corrected chi connectivity index (χ2v) is 15.3. The third-order valence-corrected chi connectivity index (χ3v) is 11.8. The van der Waals surface area contributed by atoms with E-state index in [-0.39, 0.29) is 5.41 Å². The summed E-state index contributed by atoms with van der Waals surface area (Å²) in [5.41, 5.74) is 15.2. The maximum absolute atomic E-state index is 6.44. The highest BCUT2D eigenvalue weighted by Gasteiger charge is 2.37. The van der Waals surface area contributed by atoms with Crippen molar-refractivity contribution in [2.24, 2.45) is 0 Å². The van der Waals surface area contributed by atoms with Gasteiger partial charge in [-0.15, -0.1) is 0 Å². The lowest BCUT2D eigenvalue weighted by atomic mass is 9.82. The molecule has 2 heteroatoms. The summed E-state index contributed by atoms with van der Waals surface area (Å²) in [4.78, 5) is 2.45. The summed E-state index contributed by atoms with van der Waals surface area (Å²) in [6.45, 7) is 4.70. The lowest BCUT2D eigenvalue weighted by molar-refractivity contribution is 0.660. The maximum Gasteiger partial charge on any atom is 0.143 e. The molecule has 0 spiro atoms. The molecule has 260 valence electrons. The molecule has 0 saturated heterocycles. The summed E-state index contributed by atoms with van der Waals surface area (Å²) < 4.78 is 6.44. The molecule has 1 aliphatic carbocycles. The molecule has 2 nitrogen and oxygen atoms in total. The lowest BCUT2D eigenvalue weighted by Gasteiger charge is -2.29. The van der Waals surface area contributed by atoms with Gasteiger partial charge in [0.25, 0.3) is 0 Å². The minimum atomic E-state index is -0.110. The molecule has 55 heavy (non-hydrogen) atoms. The lowest BCUT2D eigenvalue weighted by Crippen LogP contribution is -2.16. The van der Waals surface area contributed by atoms with Crippen molar-refractivity contribution in [3.05, 3.63) is 199 Å². The first kappa shape index (κ1) is 31.6. The highest BCUT2D eigenvalue weighted by atomic mass is 16.3. The molecule has 10 aromatic rings. The van der Waals surface area contributed by atoms with E-state index in [2.05, 4.69) is 201 Å². The van der Waals surface area contributed by atoms with Gasteiger partial charge in [-0.3, -0.25) is 0 Å². The van der Waals surface area contributed by atoms with Crippen LogP contribution in [0.15, 0.2) is 192 Å². The summed E-state index contributed by atoms with van der Waals surface area (Å²) in [7, 11) is 0. The molecule has 0 N–H and O–H groups in total. The molecule has 0 atom stereocenters. The Morgan fingerprint density at radius 3 is 1.96 bits per heavy atom. The monoisotopic (exact) mass is 703 g/mol. The van der Waals surface area contributed by atoms with Crippen molar-refractivity contribution in [1.82, 2.24) is 0 Å². The van der Waals surface area contributed by atoms with Crippen LogP contribution in [-0.4, -0.2) is 0 Å². The average molecular weight is 704 g/mol. The van der Waals surface area contributed by atoms with E-state index >= 15 is 0 Å². The summed E-state index contributed by atoms with van der Waals surface area (Å²) in [5.74, 6) is 0. The highest BCUT2D eigenvalue weighted by molar-refractivity contribution is 6.19. The Balaban J connectivity index is 1.10. The third-order valence-electron chi connectivity index (χ3n) is 11.8. The van der Waals surface area contributed by atoms with Crippen molar-refractivity contribution in [2.75, 3.05) is 4.90 Å². The van der Waals surface area contributed by atoms with Crippen molar-refractivity contribution in [1.29, 1.82) is 0 Å². The molecule has 0 aliphatic heterocycles. The number of para-hydroxylation sites is 1. The SMILES string of the molecule is CC1(C)c2ccccc2-c2c(N(c3ccc(-c4cc5c6ccccc6oc5c5ccccc45)cc3)c3cccc(-c4ccc5ccccc5c4)c3)cccc21. The molecule has 9 aromatic carbocycles. The van der Waals surface area contributed by atoms with Crippen molar-refractivity contribution in [2.45, 2.75) is 19.3 Å². The van der Waals surface area contributed by atoms with Gasteiger partial charge in [0.15, 0.2) is 0 Å². The zero-order valence-corrected chi connectivity index (χ0v) is 30.8. The van der Waals surface area contributed by atoms with Crippen molar-refractivity contribution >= 4 is 60.5 Å². The van der Waals surface area contributed by atoms with E-state index in [9.17, 15) is 0 Å². The summed E-state index contributed by atoms with van der Waals surface area (Å²) in [6.07, 6.45) is 0. The number of rotatable bonds is 5. The van der Waals surface area contributed by atoms with Gasteiger partial charge in [0.2, 0.25) is 0 Å². The van der Waals surface area contributed by atoms with Crippen molar-refractivity contribution < 1.29 is 4.42 Å². The molecule has 0 saturated carbocycles. The zero-order valence-electron chi connectivity index (χ0n) is 30.8. The van der Waals surface area contributed by atoms with Crippen LogP contribution in [0.4, 0.5) is 17.1 Å². The van der Waals surface area contributed by atoms with E-state index < -0.39 is 0 Å². The van der Waals surface area contributed by atoms with Gasteiger partial charge in [-0.1, -0.05) is 153 Å². The maximum atomic E-state index is 6.44. The van der Waals surface area contributed by atoms with Gasteiger partial charge < -0.3 is 9.32 Å². The molecular weight excluding hydrogens is 667 g/mol. The van der Waals surface area contributed by atoms with E-state index in [0.29, 0.717) is 0 Å². The van der Waals surface area contributed by atoms with E-state index in [1.807, 2.05) is 6.07 Å². The van der Waals surface area contributed by atoms with Gasteiger partial charge in [0, 0.05) is 38.5 Å². The summed E-state index contributed by atoms with van der Waals surface area (Å²) >= 11 is 0. The minimum Gasteiger partial charge on any atom is -0.455 e. The largest absolute Gasteiger partial charge is 0.455 e. The second-order valence-electron chi connectivity index (χ2n) is 15.3. The Kier molecular flexibility index (Phi) is 6.93. The first-order chi connectivity index (χ1) is 27.0. The number of nitrogens with zero attached hydrogens (tertiary/aromatic N) is 1. The number of benzene rings is 9. The molecule has 0 bridgehead atoms. The summed E-state index contributed by atoms with van der Waals surface area (Å²) in [6, 6.07) is 68.5. The molecule has 1 aliphatic rings. The molecule has 11 rings (SSSR count). The number of furan rings is 1. The van der Waals surface area contributed by atoms with Crippen LogP contribution in [0.2, 0.25) is 0 Å². The number of anilines is 3. The van der Waals surface area contributed by atoms with Crippen LogP contribution in [0.5, 0.6) is 0 Å². The van der Waals surface area contributed by atoms with Crippen molar-refractivity contribution in [3.63, 3.8) is 0 Å². The van der Waals surface area contributed by atoms with E-state index in [1.165, 1.54) is 66.4 Å². The van der Waals surface area contributed by atoms with Gasteiger partial charge in [0.1, 0.15) is 11.2 Å².